The fourth-order valence-electron chi connectivity index (χ4n) is 8.59. The standard InChI is InChI=1S/C27H41FO4/c1-16(6-5-7-24(30)31)20-8-9-21-25-22(11-13-27(20,21)4)26(3)12-10-19(32-17(2)29)14-18(26)15-23(25)28/h16,18-22H,5-15H2,1-4H3,(H,30,31)/t16-,18-,19+,20-,21+,22+,26+,27-/m1/s1. The zero-order valence-corrected chi connectivity index (χ0v) is 20.3. The number of hydrogen-bond donors (Lipinski definition) is 1. The summed E-state index contributed by atoms with van der Waals surface area (Å²) in [6, 6.07) is 0. The molecule has 180 valence electrons. The van der Waals surface area contributed by atoms with Crippen LogP contribution in [0.4, 0.5) is 4.39 Å². The van der Waals surface area contributed by atoms with Crippen molar-refractivity contribution in [3.05, 3.63) is 11.4 Å². The molecule has 0 heterocycles. The molecule has 0 radical (unpaired) electrons. The lowest BCUT2D eigenvalue weighted by molar-refractivity contribution is -0.152. The summed E-state index contributed by atoms with van der Waals surface area (Å²) in [5.41, 5.74) is 1.38. The molecule has 0 aliphatic heterocycles. The average molecular weight is 449 g/mol. The second-order valence-electron chi connectivity index (χ2n) is 11.9. The summed E-state index contributed by atoms with van der Waals surface area (Å²) in [6.07, 6.45) is 9.46. The highest BCUT2D eigenvalue weighted by atomic mass is 19.1. The van der Waals surface area contributed by atoms with Gasteiger partial charge in [0.25, 0.3) is 0 Å². The van der Waals surface area contributed by atoms with Gasteiger partial charge in [-0.05, 0) is 104 Å². The Labute approximate surface area is 192 Å². The Balaban J connectivity index is 1.53. The van der Waals surface area contributed by atoms with Crippen molar-refractivity contribution in [3.63, 3.8) is 0 Å². The molecule has 0 amide bonds. The topological polar surface area (TPSA) is 63.6 Å². The number of carbonyl (C=O) groups is 2. The Hall–Kier alpha value is -1.39. The van der Waals surface area contributed by atoms with E-state index in [1.807, 2.05) is 0 Å². The number of allylic oxidation sites excluding steroid dienone is 2. The van der Waals surface area contributed by atoms with E-state index in [1.54, 1.807) is 0 Å². The molecular weight excluding hydrogens is 407 g/mol. The van der Waals surface area contributed by atoms with Crippen LogP contribution in [0.1, 0.15) is 98.3 Å². The second kappa shape index (κ2) is 8.76. The van der Waals surface area contributed by atoms with E-state index in [4.69, 9.17) is 9.84 Å². The fraction of sp³-hybridized carbons (Fsp3) is 0.852. The molecule has 0 spiro atoms. The normalized spacial score (nSPS) is 42.0. The first-order valence-electron chi connectivity index (χ1n) is 12.8. The van der Waals surface area contributed by atoms with Gasteiger partial charge in [-0.2, -0.15) is 0 Å². The zero-order chi connectivity index (χ0) is 23.3. The molecule has 1 N–H and O–H groups in total. The van der Waals surface area contributed by atoms with E-state index in [0.29, 0.717) is 30.1 Å². The third-order valence-corrected chi connectivity index (χ3v) is 10.2. The number of ether oxygens (including phenoxy) is 1. The van der Waals surface area contributed by atoms with Gasteiger partial charge in [-0.15, -0.1) is 0 Å². The van der Waals surface area contributed by atoms with E-state index in [1.165, 1.54) is 6.92 Å². The Kier molecular flexibility index (Phi) is 6.50. The summed E-state index contributed by atoms with van der Waals surface area (Å²) in [5.74, 6) is 1.13. The van der Waals surface area contributed by atoms with Gasteiger partial charge < -0.3 is 9.84 Å². The van der Waals surface area contributed by atoms with Gasteiger partial charge >= 0.3 is 11.9 Å². The summed E-state index contributed by atoms with van der Waals surface area (Å²) in [5, 5.41) is 8.99. The molecule has 0 unspecified atom stereocenters. The molecule has 0 saturated heterocycles. The van der Waals surface area contributed by atoms with Crippen LogP contribution in [0.2, 0.25) is 0 Å². The number of carbonyl (C=O) groups excluding carboxylic acids is 1. The van der Waals surface area contributed by atoms with Gasteiger partial charge in [0, 0.05) is 19.8 Å². The number of carboxylic acid groups (broad SMARTS) is 1. The monoisotopic (exact) mass is 448 g/mol. The van der Waals surface area contributed by atoms with Crippen molar-refractivity contribution < 1.29 is 23.8 Å². The van der Waals surface area contributed by atoms with Gasteiger partial charge in [0.1, 0.15) is 11.9 Å². The molecule has 0 aromatic rings. The number of esters is 1. The lowest BCUT2D eigenvalue weighted by atomic mass is 9.47. The number of carboxylic acids is 1. The summed E-state index contributed by atoms with van der Waals surface area (Å²) < 4.78 is 21.3. The van der Waals surface area contributed by atoms with Crippen LogP contribution in [0.5, 0.6) is 0 Å². The molecule has 3 saturated carbocycles. The molecule has 4 rings (SSSR count). The van der Waals surface area contributed by atoms with Gasteiger partial charge in [-0.3, -0.25) is 9.59 Å². The SMILES string of the molecule is CC(=O)O[C@H]1CC[C@@]2(C)[C@@H](CC(F)=C3[C@@H]2CC[C@]2(C)[C@@H]([C@H](C)CCCC(=O)O)CC[C@@H]32)C1. The highest BCUT2D eigenvalue weighted by Crippen LogP contribution is 2.68. The van der Waals surface area contributed by atoms with Crippen molar-refractivity contribution in [1.29, 1.82) is 0 Å². The minimum atomic E-state index is -0.714. The first kappa shape index (κ1) is 23.8. The molecular formula is C27H41FO4. The van der Waals surface area contributed by atoms with Gasteiger partial charge in [-0.1, -0.05) is 20.8 Å². The smallest absolute Gasteiger partial charge is 0.303 e. The van der Waals surface area contributed by atoms with Gasteiger partial charge in [0.15, 0.2) is 0 Å². The largest absolute Gasteiger partial charge is 0.481 e. The van der Waals surface area contributed by atoms with Crippen molar-refractivity contribution in [2.24, 2.45) is 40.4 Å². The highest BCUT2D eigenvalue weighted by molar-refractivity contribution is 5.66. The predicted molar refractivity (Wildman–Crippen MR) is 121 cm³/mol. The van der Waals surface area contributed by atoms with Crippen LogP contribution in [-0.4, -0.2) is 23.1 Å². The van der Waals surface area contributed by atoms with E-state index >= 15 is 4.39 Å². The van der Waals surface area contributed by atoms with Crippen molar-refractivity contribution in [2.75, 3.05) is 0 Å². The first-order chi connectivity index (χ1) is 15.1. The van der Waals surface area contributed by atoms with Crippen LogP contribution in [0, 0.1) is 40.4 Å². The van der Waals surface area contributed by atoms with Crippen LogP contribution in [0.15, 0.2) is 11.4 Å². The number of aliphatic carboxylic acids is 1. The summed E-state index contributed by atoms with van der Waals surface area (Å²) in [6.45, 7) is 8.52. The summed E-state index contributed by atoms with van der Waals surface area (Å²) in [7, 11) is 0. The van der Waals surface area contributed by atoms with Crippen LogP contribution in [-0.2, 0) is 14.3 Å². The molecule has 0 aromatic carbocycles. The second-order valence-corrected chi connectivity index (χ2v) is 11.9. The predicted octanol–water partition coefficient (Wildman–Crippen LogP) is 6.69. The van der Waals surface area contributed by atoms with Gasteiger partial charge in [0.05, 0.1) is 0 Å². The lowest BCUT2D eigenvalue weighted by Gasteiger charge is -2.58. The lowest BCUT2D eigenvalue weighted by Crippen LogP contribution is -2.51. The molecule has 4 aliphatic carbocycles. The summed E-state index contributed by atoms with van der Waals surface area (Å²) in [4.78, 5) is 22.4. The maximum absolute atomic E-state index is 15.8. The first-order valence-corrected chi connectivity index (χ1v) is 12.8. The zero-order valence-electron chi connectivity index (χ0n) is 20.3. The van der Waals surface area contributed by atoms with Crippen molar-refractivity contribution in [1.82, 2.24) is 0 Å². The molecule has 4 aliphatic rings. The minimum absolute atomic E-state index is 0.0590. The molecule has 3 fully saturated rings. The van der Waals surface area contributed by atoms with Crippen LogP contribution >= 0.6 is 0 Å². The molecule has 8 atom stereocenters. The fourth-order valence-corrected chi connectivity index (χ4v) is 8.59. The maximum atomic E-state index is 15.8. The number of fused-ring (bicyclic) bond motifs is 5. The van der Waals surface area contributed by atoms with Gasteiger partial charge in [0.2, 0.25) is 0 Å². The Morgan fingerprint density at radius 1 is 1.12 bits per heavy atom. The van der Waals surface area contributed by atoms with E-state index in [0.717, 1.165) is 63.4 Å². The highest BCUT2D eigenvalue weighted by Gasteiger charge is 2.59. The Morgan fingerprint density at radius 3 is 2.50 bits per heavy atom. The number of hydrogen-bond acceptors (Lipinski definition) is 3. The average Bonchev–Trinajstić information content (AvgIpc) is 3.05. The Bertz CT molecular complexity index is 791. The molecule has 32 heavy (non-hydrogen) atoms. The number of halogens is 1. The van der Waals surface area contributed by atoms with Crippen molar-refractivity contribution in [3.8, 4) is 0 Å². The minimum Gasteiger partial charge on any atom is -0.481 e. The van der Waals surface area contributed by atoms with Crippen LogP contribution in [0.25, 0.3) is 0 Å². The third-order valence-electron chi connectivity index (χ3n) is 10.2. The van der Waals surface area contributed by atoms with Crippen molar-refractivity contribution >= 4 is 11.9 Å². The van der Waals surface area contributed by atoms with Crippen LogP contribution < -0.4 is 0 Å². The third kappa shape index (κ3) is 4.03. The van der Waals surface area contributed by atoms with Crippen molar-refractivity contribution in [2.45, 2.75) is 104 Å². The van der Waals surface area contributed by atoms with E-state index < -0.39 is 5.97 Å². The molecule has 0 bridgehead atoms. The van der Waals surface area contributed by atoms with E-state index in [-0.39, 0.29) is 41.1 Å². The quantitative estimate of drug-likeness (QED) is 0.460. The van der Waals surface area contributed by atoms with Crippen LogP contribution in [0.3, 0.4) is 0 Å². The molecule has 4 nitrogen and oxygen atoms in total. The maximum Gasteiger partial charge on any atom is 0.303 e. The van der Waals surface area contributed by atoms with E-state index in [2.05, 4.69) is 20.8 Å². The molecule has 0 aromatic heterocycles. The molecule has 5 heteroatoms. The Morgan fingerprint density at radius 2 is 1.81 bits per heavy atom. The van der Waals surface area contributed by atoms with E-state index in [9.17, 15) is 9.59 Å². The summed E-state index contributed by atoms with van der Waals surface area (Å²) >= 11 is 0. The van der Waals surface area contributed by atoms with Gasteiger partial charge in [-0.25, -0.2) is 4.39 Å². The number of rotatable bonds is 6.